The van der Waals surface area contributed by atoms with Crippen molar-refractivity contribution in [3.8, 4) is 11.3 Å². The Labute approximate surface area is 248 Å². The summed E-state index contributed by atoms with van der Waals surface area (Å²) in [6.45, 7) is 4.79. The number of anilines is 1. The number of aryl methyl sites for hydroxylation is 1. The number of H-pyrrole nitrogens is 1. The number of nitrogens with two attached hydrogens (primary N) is 1. The Bertz CT molecular complexity index is 1530. The van der Waals surface area contributed by atoms with Crippen molar-refractivity contribution in [2.75, 3.05) is 24.6 Å². The lowest BCUT2D eigenvalue weighted by molar-refractivity contribution is 0.186. The molecule has 12 heteroatoms. The molecule has 2 aromatic carbocycles. The van der Waals surface area contributed by atoms with E-state index in [0.29, 0.717) is 65.8 Å². The fourth-order valence-electron chi connectivity index (χ4n) is 4.88. The molecule has 0 saturated carbocycles. The van der Waals surface area contributed by atoms with Crippen molar-refractivity contribution in [3.63, 3.8) is 0 Å². The summed E-state index contributed by atoms with van der Waals surface area (Å²) in [4.78, 5) is 8.82. The third-order valence-corrected chi connectivity index (χ3v) is 7.47. The molecule has 0 saturated heterocycles. The highest BCUT2D eigenvalue weighted by atomic mass is 35.5. The van der Waals surface area contributed by atoms with Crippen molar-refractivity contribution in [1.29, 1.82) is 5.41 Å². The molecular weight excluding hydrogens is 564 g/mol. The summed E-state index contributed by atoms with van der Waals surface area (Å²) in [5, 5.41) is 34.1. The van der Waals surface area contributed by atoms with Crippen LogP contribution in [-0.2, 0) is 6.42 Å². The highest BCUT2D eigenvalue weighted by Crippen LogP contribution is 2.29. The van der Waals surface area contributed by atoms with E-state index in [1.54, 1.807) is 43.5 Å². The average Bonchev–Trinajstić information content (AvgIpc) is 3.36. The second-order valence-corrected chi connectivity index (χ2v) is 11.0. The van der Waals surface area contributed by atoms with E-state index in [1.807, 2.05) is 6.92 Å². The molecule has 4 rings (SSSR count). The fraction of sp³-hybridized carbons (Fsp3) is 0.400. The number of benzene rings is 2. The minimum atomic E-state index is -1.31. The smallest absolute Gasteiger partial charge is 0.231 e. The molecule has 0 aliphatic carbocycles. The van der Waals surface area contributed by atoms with Crippen LogP contribution < -0.4 is 32.0 Å². The van der Waals surface area contributed by atoms with Crippen molar-refractivity contribution >= 4 is 29.3 Å². The number of nitrogens with one attached hydrogen (secondary N) is 4. The first-order valence-corrected chi connectivity index (χ1v) is 14.4. The Morgan fingerprint density at radius 1 is 1.21 bits per heavy atom. The van der Waals surface area contributed by atoms with E-state index in [-0.39, 0.29) is 29.3 Å². The maximum absolute atomic E-state index is 15.1. The lowest BCUT2D eigenvalue weighted by atomic mass is 10.0. The maximum Gasteiger partial charge on any atom is 0.231 e. The number of aliphatic hydroxyl groups is 2. The molecule has 1 aromatic heterocycles. The molecule has 9 nitrogen and oxygen atoms in total. The van der Waals surface area contributed by atoms with Gasteiger partial charge in [-0.3, -0.25) is 5.41 Å². The lowest BCUT2D eigenvalue weighted by Crippen LogP contribution is -2.41. The van der Waals surface area contributed by atoms with E-state index in [4.69, 9.17) is 27.9 Å². The first kappa shape index (κ1) is 31.6. The third-order valence-electron chi connectivity index (χ3n) is 7.19. The zero-order valence-electron chi connectivity index (χ0n) is 23.7. The van der Waals surface area contributed by atoms with Gasteiger partial charge in [-0.15, -0.1) is 0 Å². The SMILES string of the molecule is CC(=N)NCCCN[C@@H](C)c1ccc(N2C=c3cc(-c4cc(CCC[C@@H](N)CO)cc(Cl)c4F)[nH]c3=NC2O)cc1F. The van der Waals surface area contributed by atoms with Crippen molar-refractivity contribution in [2.45, 2.75) is 58.0 Å². The normalized spacial score (nSPS) is 15.9. The topological polar surface area (TPSA) is 146 Å². The Balaban J connectivity index is 1.52. The molecule has 0 amide bonds. The van der Waals surface area contributed by atoms with Crippen LogP contribution in [0.1, 0.15) is 50.3 Å². The van der Waals surface area contributed by atoms with Crippen molar-refractivity contribution in [2.24, 2.45) is 10.7 Å². The zero-order valence-corrected chi connectivity index (χ0v) is 24.5. The number of hydrogen-bond acceptors (Lipinski definition) is 7. The molecule has 1 aliphatic rings. The number of aromatic nitrogens is 1. The molecule has 2 heterocycles. The number of rotatable bonds is 13. The molecule has 8 N–H and O–H groups in total. The largest absolute Gasteiger partial charge is 0.395 e. The van der Waals surface area contributed by atoms with E-state index in [2.05, 4.69) is 20.6 Å². The van der Waals surface area contributed by atoms with Gasteiger partial charge in [0, 0.05) is 46.9 Å². The van der Waals surface area contributed by atoms with Gasteiger partial charge in [-0.05, 0) is 82.0 Å². The molecule has 0 spiro atoms. The average molecular weight is 602 g/mol. The molecule has 3 aromatic rings. The van der Waals surface area contributed by atoms with Gasteiger partial charge in [0.15, 0.2) is 5.82 Å². The lowest BCUT2D eigenvalue weighted by Gasteiger charge is -2.26. The van der Waals surface area contributed by atoms with Crippen molar-refractivity contribution < 1.29 is 19.0 Å². The van der Waals surface area contributed by atoms with Crippen LogP contribution in [-0.4, -0.2) is 53.1 Å². The number of fused-ring (bicyclic) bond motifs is 1. The van der Waals surface area contributed by atoms with E-state index in [1.165, 1.54) is 11.0 Å². The number of amidine groups is 1. The van der Waals surface area contributed by atoms with Crippen molar-refractivity contribution in [3.05, 3.63) is 74.9 Å². The van der Waals surface area contributed by atoms with Crippen LogP contribution in [0.4, 0.5) is 14.5 Å². The highest BCUT2D eigenvalue weighted by molar-refractivity contribution is 6.31. The molecule has 3 atom stereocenters. The minimum absolute atomic E-state index is 0.0125. The number of hydrogen-bond donors (Lipinski definition) is 7. The molecule has 0 bridgehead atoms. The van der Waals surface area contributed by atoms with Gasteiger partial charge in [-0.25, -0.2) is 13.8 Å². The molecular formula is C30H38ClF2N7O2. The molecule has 1 aliphatic heterocycles. The summed E-state index contributed by atoms with van der Waals surface area (Å²) in [5.74, 6) is -0.588. The van der Waals surface area contributed by atoms with Crippen LogP contribution >= 0.6 is 11.6 Å². The van der Waals surface area contributed by atoms with Crippen molar-refractivity contribution in [1.82, 2.24) is 15.6 Å². The summed E-state index contributed by atoms with van der Waals surface area (Å²) in [7, 11) is 0. The van der Waals surface area contributed by atoms with Gasteiger partial charge >= 0.3 is 0 Å². The summed E-state index contributed by atoms with van der Waals surface area (Å²) in [6, 6.07) is 9.22. The Kier molecular flexibility index (Phi) is 10.7. The van der Waals surface area contributed by atoms with Gasteiger partial charge in [-0.1, -0.05) is 17.7 Å². The Morgan fingerprint density at radius 3 is 2.71 bits per heavy atom. The van der Waals surface area contributed by atoms with E-state index in [0.717, 1.165) is 12.0 Å². The maximum atomic E-state index is 15.1. The standard InChI is InChI=1S/C30H38ClF2N7O2/c1-17(36-9-4-10-37-18(2)34)23-8-7-22(14-26(23)32)40-15-20-13-27(38-29(20)39-30(40)42)24-11-19(12-25(31)28(24)33)5-3-6-21(35)16-41/h7-8,11-15,17,21,30,36,41-42H,3-6,9-10,16,35H2,1-2H3,(H2,34,37)(H,38,39)/t17-,21+,30?/m0/s1. The van der Waals surface area contributed by atoms with Gasteiger partial charge in [0.25, 0.3) is 0 Å². The molecule has 0 fully saturated rings. The second-order valence-electron chi connectivity index (χ2n) is 10.6. The minimum Gasteiger partial charge on any atom is -0.395 e. The van der Waals surface area contributed by atoms with Gasteiger partial charge in [-0.2, -0.15) is 0 Å². The first-order valence-electron chi connectivity index (χ1n) is 14.0. The monoisotopic (exact) mass is 601 g/mol. The van der Waals surface area contributed by atoms with Crippen LogP contribution in [0.2, 0.25) is 5.02 Å². The number of halogens is 3. The van der Waals surface area contributed by atoms with E-state index in [9.17, 15) is 5.11 Å². The van der Waals surface area contributed by atoms with E-state index >= 15 is 8.78 Å². The molecule has 0 radical (unpaired) electrons. The van der Waals surface area contributed by atoms with Crippen LogP contribution in [0.25, 0.3) is 17.5 Å². The van der Waals surface area contributed by atoms with Crippen LogP contribution in [0, 0.1) is 17.0 Å². The summed E-state index contributed by atoms with van der Waals surface area (Å²) >= 11 is 6.21. The highest BCUT2D eigenvalue weighted by Gasteiger charge is 2.21. The summed E-state index contributed by atoms with van der Waals surface area (Å²) < 4.78 is 30.2. The molecule has 1 unspecified atom stereocenters. The van der Waals surface area contributed by atoms with Crippen LogP contribution in [0.5, 0.6) is 0 Å². The fourth-order valence-corrected chi connectivity index (χ4v) is 5.12. The summed E-state index contributed by atoms with van der Waals surface area (Å²) in [6.07, 6.45) is 3.06. The predicted molar refractivity (Wildman–Crippen MR) is 162 cm³/mol. The number of nitrogens with zero attached hydrogens (tertiary/aromatic N) is 2. The predicted octanol–water partition coefficient (Wildman–Crippen LogP) is 3.04. The number of aromatic amines is 1. The van der Waals surface area contributed by atoms with Gasteiger partial charge in [0.2, 0.25) is 6.35 Å². The second kappa shape index (κ2) is 14.2. The third kappa shape index (κ3) is 7.73. The Hall–Kier alpha value is -3.35. The van der Waals surface area contributed by atoms with Crippen LogP contribution in [0.15, 0.2) is 41.4 Å². The van der Waals surface area contributed by atoms with E-state index < -0.39 is 18.0 Å². The summed E-state index contributed by atoms with van der Waals surface area (Å²) in [5.41, 5.74) is 8.59. The number of aliphatic hydroxyl groups excluding tert-OH is 2. The quantitative estimate of drug-likeness (QED) is 0.0911. The van der Waals surface area contributed by atoms with Gasteiger partial charge < -0.3 is 36.5 Å². The molecule has 226 valence electrons. The first-order chi connectivity index (χ1) is 20.1. The van der Waals surface area contributed by atoms with Crippen LogP contribution in [0.3, 0.4) is 0 Å². The van der Waals surface area contributed by atoms with Gasteiger partial charge in [0.05, 0.1) is 23.2 Å². The van der Waals surface area contributed by atoms with Gasteiger partial charge in [0.1, 0.15) is 11.3 Å². The zero-order chi connectivity index (χ0) is 30.4. The Morgan fingerprint density at radius 2 is 2.00 bits per heavy atom. The molecule has 42 heavy (non-hydrogen) atoms.